The Hall–Kier alpha value is -3.88. The fourth-order valence-corrected chi connectivity index (χ4v) is 3.82. The lowest BCUT2D eigenvalue weighted by atomic mass is 10.1. The normalized spacial score (nSPS) is 17.6. The predicted molar refractivity (Wildman–Crippen MR) is 112 cm³/mol. The van der Waals surface area contributed by atoms with Crippen molar-refractivity contribution in [3.63, 3.8) is 0 Å². The van der Waals surface area contributed by atoms with Gasteiger partial charge in [0, 0.05) is 30.7 Å². The maximum Gasteiger partial charge on any atom is 0.229 e. The Balaban J connectivity index is 1.42. The molecule has 3 aromatic heterocycles. The molecule has 2 atom stereocenters. The van der Waals surface area contributed by atoms with Gasteiger partial charge in [0.25, 0.3) is 0 Å². The molecule has 1 saturated carbocycles. The summed E-state index contributed by atoms with van der Waals surface area (Å²) >= 11 is 0. The van der Waals surface area contributed by atoms with E-state index < -0.39 is 11.6 Å². The Morgan fingerprint density at radius 1 is 1.23 bits per heavy atom. The van der Waals surface area contributed by atoms with E-state index in [2.05, 4.69) is 20.4 Å². The summed E-state index contributed by atoms with van der Waals surface area (Å²) in [6, 6.07) is 6.75. The molecule has 9 heteroatoms. The van der Waals surface area contributed by atoms with E-state index in [0.717, 1.165) is 24.1 Å². The molecule has 0 aliphatic heterocycles. The minimum absolute atomic E-state index is 0.0721. The van der Waals surface area contributed by atoms with Gasteiger partial charge in [0.05, 0.1) is 17.5 Å². The number of hydrogen-bond acceptors (Lipinski definition) is 5. The maximum atomic E-state index is 14.2. The van der Waals surface area contributed by atoms with Crippen LogP contribution >= 0.6 is 0 Å². The average Bonchev–Trinajstić information content (AvgIpc) is 3.41. The van der Waals surface area contributed by atoms with Gasteiger partial charge in [0.1, 0.15) is 23.3 Å². The van der Waals surface area contributed by atoms with E-state index in [4.69, 9.17) is 5.73 Å². The Labute approximate surface area is 175 Å². The van der Waals surface area contributed by atoms with Crippen LogP contribution in [0.2, 0.25) is 0 Å². The van der Waals surface area contributed by atoms with Crippen LogP contribution in [0.15, 0.2) is 48.9 Å². The molecule has 0 unspecified atom stereocenters. The van der Waals surface area contributed by atoms with Gasteiger partial charge in [-0.3, -0.25) is 9.48 Å². The van der Waals surface area contributed by atoms with Crippen LogP contribution in [0.5, 0.6) is 0 Å². The van der Waals surface area contributed by atoms with Gasteiger partial charge in [-0.25, -0.2) is 18.7 Å². The zero-order valence-electron chi connectivity index (χ0n) is 16.5. The molecule has 7 nitrogen and oxygen atoms in total. The highest BCUT2D eigenvalue weighted by atomic mass is 19.1. The van der Waals surface area contributed by atoms with E-state index in [1.807, 2.05) is 13.2 Å². The fourth-order valence-electron chi connectivity index (χ4n) is 3.82. The Kier molecular flexibility index (Phi) is 4.39. The number of rotatable bonds is 4. The second-order valence-electron chi connectivity index (χ2n) is 7.67. The molecule has 0 bridgehead atoms. The molecule has 3 N–H and O–H groups in total. The number of nitrogen functional groups attached to an aromatic ring is 1. The van der Waals surface area contributed by atoms with Crippen molar-refractivity contribution in [2.24, 2.45) is 13.0 Å². The number of fused-ring (bicyclic) bond motifs is 1. The lowest BCUT2D eigenvalue weighted by molar-refractivity contribution is -0.117. The van der Waals surface area contributed by atoms with Gasteiger partial charge in [-0.05, 0) is 47.6 Å². The van der Waals surface area contributed by atoms with Crippen molar-refractivity contribution in [1.29, 1.82) is 0 Å². The number of aryl methyl sites for hydroxylation is 1. The molecule has 0 saturated heterocycles. The van der Waals surface area contributed by atoms with Crippen LogP contribution in [-0.2, 0) is 11.8 Å². The highest BCUT2D eigenvalue weighted by Gasteiger charge is 2.44. The van der Waals surface area contributed by atoms with Crippen molar-refractivity contribution >= 4 is 28.3 Å². The lowest BCUT2D eigenvalue weighted by Gasteiger charge is -2.10. The quantitative estimate of drug-likeness (QED) is 0.525. The highest BCUT2D eigenvalue weighted by molar-refractivity contribution is 5.98. The number of benzene rings is 1. The third kappa shape index (κ3) is 3.48. The van der Waals surface area contributed by atoms with Gasteiger partial charge < -0.3 is 11.1 Å². The molecule has 0 spiro atoms. The molecule has 1 aromatic carbocycles. The molecule has 3 heterocycles. The number of nitrogens with one attached hydrogen (secondary N) is 1. The van der Waals surface area contributed by atoms with Crippen LogP contribution < -0.4 is 11.1 Å². The van der Waals surface area contributed by atoms with Crippen molar-refractivity contribution in [2.45, 2.75) is 12.3 Å². The second-order valence-corrected chi connectivity index (χ2v) is 7.67. The molecular weight excluding hydrogens is 402 g/mol. The largest absolute Gasteiger partial charge is 0.383 e. The van der Waals surface area contributed by atoms with Gasteiger partial charge in [-0.2, -0.15) is 5.10 Å². The molecule has 5 rings (SSSR count). The minimum atomic E-state index is -0.732. The molecule has 0 radical (unpaired) electrons. The predicted octanol–water partition coefficient (Wildman–Crippen LogP) is 3.63. The summed E-state index contributed by atoms with van der Waals surface area (Å²) in [7, 11) is 1.84. The van der Waals surface area contributed by atoms with Gasteiger partial charge in [-0.1, -0.05) is 6.07 Å². The van der Waals surface area contributed by atoms with Crippen molar-refractivity contribution < 1.29 is 13.6 Å². The summed E-state index contributed by atoms with van der Waals surface area (Å²) in [5, 5.41) is 8.05. The number of aromatic nitrogens is 4. The summed E-state index contributed by atoms with van der Waals surface area (Å²) in [4.78, 5) is 21.0. The number of amides is 1. The van der Waals surface area contributed by atoms with Crippen LogP contribution in [0.4, 0.5) is 20.4 Å². The number of hydrogen-bond donors (Lipinski definition) is 2. The van der Waals surface area contributed by atoms with Crippen molar-refractivity contribution in [3.05, 3.63) is 66.1 Å². The van der Waals surface area contributed by atoms with Crippen molar-refractivity contribution in [2.75, 3.05) is 11.1 Å². The third-order valence-electron chi connectivity index (χ3n) is 5.50. The lowest BCUT2D eigenvalue weighted by Crippen LogP contribution is -2.15. The molecule has 1 aliphatic carbocycles. The van der Waals surface area contributed by atoms with Crippen LogP contribution in [0.1, 0.15) is 17.9 Å². The van der Waals surface area contributed by atoms with E-state index in [1.54, 1.807) is 16.9 Å². The highest BCUT2D eigenvalue weighted by Crippen LogP contribution is 2.47. The smallest absolute Gasteiger partial charge is 0.229 e. The molecule has 4 aromatic rings. The van der Waals surface area contributed by atoms with Gasteiger partial charge in [-0.15, -0.1) is 0 Å². The van der Waals surface area contributed by atoms with Gasteiger partial charge in [0.15, 0.2) is 0 Å². The first-order valence-electron chi connectivity index (χ1n) is 9.71. The van der Waals surface area contributed by atoms with Gasteiger partial charge >= 0.3 is 0 Å². The van der Waals surface area contributed by atoms with Gasteiger partial charge in [0.2, 0.25) is 5.91 Å². The summed E-state index contributed by atoms with van der Waals surface area (Å²) in [5.74, 6) is -1.17. The van der Waals surface area contributed by atoms with Crippen LogP contribution in [0.25, 0.3) is 22.0 Å². The number of nitrogens with two attached hydrogens (primary N) is 1. The number of anilines is 2. The van der Waals surface area contributed by atoms with E-state index in [1.165, 1.54) is 18.3 Å². The standard InChI is InChI=1S/C22H18F2N6O/c1-30-10-12(8-27-30)13-7-14(13)22(31)29-19-6-11-5-18(28-21(25)15(11)9-26-19)20-16(23)3-2-4-17(20)24/h2-6,8-10,13-14H,7H2,1H3,(H2,25,28)(H,26,29,31)/t13-,14+/m0/s1. The van der Waals surface area contributed by atoms with Crippen molar-refractivity contribution in [3.8, 4) is 11.3 Å². The van der Waals surface area contributed by atoms with E-state index in [-0.39, 0.29) is 34.8 Å². The Morgan fingerprint density at radius 2 is 2.00 bits per heavy atom. The van der Waals surface area contributed by atoms with E-state index >= 15 is 0 Å². The fraction of sp³-hybridized carbons (Fsp3) is 0.182. The topological polar surface area (TPSA) is 98.7 Å². The Morgan fingerprint density at radius 3 is 2.71 bits per heavy atom. The number of carbonyl (C=O) groups is 1. The van der Waals surface area contributed by atoms with Crippen LogP contribution in [0.3, 0.4) is 0 Å². The number of carbonyl (C=O) groups excluding carboxylic acids is 1. The average molecular weight is 420 g/mol. The van der Waals surface area contributed by atoms with Crippen LogP contribution in [0, 0.1) is 17.6 Å². The first-order chi connectivity index (χ1) is 14.9. The molecule has 1 fully saturated rings. The van der Waals surface area contributed by atoms with Crippen LogP contribution in [-0.4, -0.2) is 25.7 Å². The first-order valence-corrected chi connectivity index (χ1v) is 9.71. The minimum Gasteiger partial charge on any atom is -0.383 e. The third-order valence-corrected chi connectivity index (χ3v) is 5.50. The van der Waals surface area contributed by atoms with Crippen molar-refractivity contribution in [1.82, 2.24) is 19.7 Å². The molecule has 1 aliphatic rings. The number of halogens is 2. The number of pyridine rings is 2. The molecule has 156 valence electrons. The molecule has 31 heavy (non-hydrogen) atoms. The zero-order valence-corrected chi connectivity index (χ0v) is 16.5. The molecule has 1 amide bonds. The second kappa shape index (κ2) is 7.12. The van der Waals surface area contributed by atoms with E-state index in [9.17, 15) is 13.6 Å². The molecular formula is C22H18F2N6O. The first kappa shape index (κ1) is 19.1. The monoisotopic (exact) mass is 420 g/mol. The summed E-state index contributed by atoms with van der Waals surface area (Å²) in [5.41, 5.74) is 6.85. The summed E-state index contributed by atoms with van der Waals surface area (Å²) in [6.45, 7) is 0. The van der Waals surface area contributed by atoms with E-state index in [0.29, 0.717) is 16.6 Å². The zero-order chi connectivity index (χ0) is 21.7. The summed E-state index contributed by atoms with van der Waals surface area (Å²) in [6.07, 6.45) is 5.91. The maximum absolute atomic E-state index is 14.2. The SMILES string of the molecule is Cn1cc([C@@H]2C[C@H]2C(=O)Nc2cc3cc(-c4c(F)cccc4F)nc(N)c3cn2)cn1. The summed E-state index contributed by atoms with van der Waals surface area (Å²) < 4.78 is 30.1. The Bertz CT molecular complexity index is 1310. The number of nitrogens with zero attached hydrogens (tertiary/aromatic N) is 4.